The highest BCUT2D eigenvalue weighted by molar-refractivity contribution is 5.83. The number of anilines is 1. The fourth-order valence-electron chi connectivity index (χ4n) is 4.57. The number of piperazine rings is 1. The molecule has 1 aromatic heterocycles. The lowest BCUT2D eigenvalue weighted by molar-refractivity contribution is 0.261. The molecule has 160 valence electrons. The number of aromatic nitrogens is 1. The molecule has 0 atom stereocenters. The molecule has 0 radical (unpaired) electrons. The Morgan fingerprint density at radius 3 is 2.50 bits per heavy atom. The molecule has 0 amide bonds. The fraction of sp³-hybridized carbons (Fsp3) is 0.222. The van der Waals surface area contributed by atoms with Crippen molar-refractivity contribution in [3.63, 3.8) is 0 Å². The van der Waals surface area contributed by atoms with Crippen LogP contribution in [-0.4, -0.2) is 42.6 Å². The fourth-order valence-corrected chi connectivity index (χ4v) is 4.57. The second-order valence-corrected chi connectivity index (χ2v) is 8.29. The second kappa shape index (κ2) is 8.86. The zero-order valence-corrected chi connectivity index (χ0v) is 17.9. The van der Waals surface area contributed by atoms with E-state index in [0.29, 0.717) is 5.56 Å². The summed E-state index contributed by atoms with van der Waals surface area (Å²) in [6, 6.07) is 23.4. The van der Waals surface area contributed by atoms with Crippen LogP contribution >= 0.6 is 0 Å². The summed E-state index contributed by atoms with van der Waals surface area (Å²) < 4.78 is 13.6. The van der Waals surface area contributed by atoms with Crippen molar-refractivity contribution in [2.75, 3.05) is 37.6 Å². The summed E-state index contributed by atoms with van der Waals surface area (Å²) >= 11 is 0. The van der Waals surface area contributed by atoms with Gasteiger partial charge in [0, 0.05) is 61.1 Å². The molecule has 5 heteroatoms. The molecule has 0 bridgehead atoms. The third-order valence-corrected chi connectivity index (χ3v) is 6.37. The summed E-state index contributed by atoms with van der Waals surface area (Å²) in [6.07, 6.45) is 2.92. The Labute approximate surface area is 187 Å². The van der Waals surface area contributed by atoms with Crippen molar-refractivity contribution in [3.05, 3.63) is 89.9 Å². The second-order valence-electron chi connectivity index (χ2n) is 8.29. The van der Waals surface area contributed by atoms with Crippen molar-refractivity contribution in [2.45, 2.75) is 6.42 Å². The number of nitrogens with one attached hydrogen (secondary N) is 1. The molecule has 2 heterocycles. The predicted molar refractivity (Wildman–Crippen MR) is 127 cm³/mol. The maximum absolute atomic E-state index is 13.6. The van der Waals surface area contributed by atoms with E-state index >= 15 is 0 Å². The van der Waals surface area contributed by atoms with Gasteiger partial charge in [-0.25, -0.2) is 4.39 Å². The Morgan fingerprint density at radius 2 is 1.72 bits per heavy atom. The van der Waals surface area contributed by atoms with Crippen LogP contribution in [0.15, 0.2) is 72.9 Å². The molecule has 0 unspecified atom stereocenters. The zero-order chi connectivity index (χ0) is 21.9. The third-order valence-electron chi connectivity index (χ3n) is 6.37. The van der Waals surface area contributed by atoms with Crippen LogP contribution < -0.4 is 4.90 Å². The number of halogens is 1. The molecule has 32 heavy (non-hydrogen) atoms. The van der Waals surface area contributed by atoms with Crippen molar-refractivity contribution in [2.24, 2.45) is 0 Å². The summed E-state index contributed by atoms with van der Waals surface area (Å²) in [5.74, 6) is -0.187. The first kappa shape index (κ1) is 20.3. The Morgan fingerprint density at radius 1 is 0.938 bits per heavy atom. The maximum atomic E-state index is 13.6. The molecular weight excluding hydrogens is 399 g/mol. The highest BCUT2D eigenvalue weighted by Gasteiger charge is 2.20. The van der Waals surface area contributed by atoms with Crippen LogP contribution in [0.5, 0.6) is 0 Å². The third kappa shape index (κ3) is 4.10. The highest BCUT2D eigenvalue weighted by atomic mass is 19.1. The van der Waals surface area contributed by atoms with Gasteiger partial charge in [-0.2, -0.15) is 5.26 Å². The monoisotopic (exact) mass is 424 g/mol. The van der Waals surface area contributed by atoms with E-state index in [-0.39, 0.29) is 5.82 Å². The van der Waals surface area contributed by atoms with Gasteiger partial charge in [-0.3, -0.25) is 4.90 Å². The van der Waals surface area contributed by atoms with Crippen LogP contribution in [0.2, 0.25) is 0 Å². The zero-order valence-electron chi connectivity index (χ0n) is 17.9. The van der Waals surface area contributed by atoms with Gasteiger partial charge in [0.15, 0.2) is 0 Å². The van der Waals surface area contributed by atoms with E-state index in [9.17, 15) is 4.39 Å². The first-order valence-corrected chi connectivity index (χ1v) is 11.0. The highest BCUT2D eigenvalue weighted by Crippen LogP contribution is 2.31. The van der Waals surface area contributed by atoms with Crippen LogP contribution in [0.3, 0.4) is 0 Å². The van der Waals surface area contributed by atoms with Gasteiger partial charge >= 0.3 is 0 Å². The van der Waals surface area contributed by atoms with Crippen LogP contribution in [0.1, 0.15) is 11.1 Å². The molecule has 4 nitrogen and oxygen atoms in total. The molecule has 1 aliphatic heterocycles. The van der Waals surface area contributed by atoms with Gasteiger partial charge in [0.1, 0.15) is 5.82 Å². The molecule has 1 saturated heterocycles. The van der Waals surface area contributed by atoms with Gasteiger partial charge < -0.3 is 9.88 Å². The van der Waals surface area contributed by atoms with Crippen molar-refractivity contribution in [3.8, 4) is 17.2 Å². The number of nitriles is 1. The van der Waals surface area contributed by atoms with Crippen LogP contribution in [-0.2, 0) is 6.42 Å². The maximum Gasteiger partial charge on any atom is 0.123 e. The number of H-pyrrole nitrogens is 1. The molecule has 4 aromatic rings. The van der Waals surface area contributed by atoms with E-state index in [2.05, 4.69) is 45.1 Å². The van der Waals surface area contributed by atoms with Crippen molar-refractivity contribution >= 4 is 16.6 Å². The average Bonchev–Trinajstić information content (AvgIpc) is 3.25. The van der Waals surface area contributed by atoms with Crippen molar-refractivity contribution in [1.29, 1.82) is 5.26 Å². The number of nitrogens with zero attached hydrogens (tertiary/aromatic N) is 3. The van der Waals surface area contributed by atoms with Gasteiger partial charge in [0.25, 0.3) is 0 Å². The number of para-hydroxylation sites is 1. The smallest absolute Gasteiger partial charge is 0.123 e. The normalized spacial score (nSPS) is 14.6. The van der Waals surface area contributed by atoms with Gasteiger partial charge in [-0.05, 0) is 53.9 Å². The molecule has 1 fully saturated rings. The molecule has 3 aromatic carbocycles. The summed E-state index contributed by atoms with van der Waals surface area (Å²) in [6.45, 7) is 4.90. The van der Waals surface area contributed by atoms with E-state index in [4.69, 9.17) is 5.26 Å². The van der Waals surface area contributed by atoms with E-state index in [1.807, 2.05) is 30.5 Å². The number of hydrogen-bond acceptors (Lipinski definition) is 3. The molecule has 1 N–H and O–H groups in total. The number of rotatable bonds is 5. The molecule has 5 rings (SSSR count). The topological polar surface area (TPSA) is 46.1 Å². The number of aromatic amines is 1. The van der Waals surface area contributed by atoms with Gasteiger partial charge in [-0.1, -0.05) is 30.3 Å². The van der Waals surface area contributed by atoms with E-state index in [1.54, 1.807) is 12.1 Å². The van der Waals surface area contributed by atoms with E-state index in [0.717, 1.165) is 55.6 Å². The first-order chi connectivity index (χ1) is 15.7. The lowest BCUT2D eigenvalue weighted by Crippen LogP contribution is -2.47. The molecule has 0 spiro atoms. The molecular formula is C27H25FN4. The van der Waals surface area contributed by atoms with E-state index < -0.39 is 0 Å². The standard InChI is InChI=1S/C27H25FN4/c28-23-9-10-26-25(17-23)22(19-30-26)11-12-31-13-15-32(16-14-31)27-4-2-1-3-24(27)21-7-5-20(18-29)6-8-21/h1-10,17,19,30H,11-16H2. The quantitative estimate of drug-likeness (QED) is 0.478. The Balaban J connectivity index is 1.24. The predicted octanol–water partition coefficient (Wildman–Crippen LogP) is 5.21. The van der Waals surface area contributed by atoms with Gasteiger partial charge in [-0.15, -0.1) is 0 Å². The molecule has 1 aliphatic rings. The van der Waals surface area contributed by atoms with E-state index in [1.165, 1.54) is 22.9 Å². The number of hydrogen-bond donors (Lipinski definition) is 1. The molecule has 0 saturated carbocycles. The lowest BCUT2D eigenvalue weighted by Gasteiger charge is -2.37. The minimum Gasteiger partial charge on any atom is -0.368 e. The average molecular weight is 425 g/mol. The Kier molecular flexibility index (Phi) is 5.62. The summed E-state index contributed by atoms with van der Waals surface area (Å²) in [4.78, 5) is 8.18. The first-order valence-electron chi connectivity index (χ1n) is 11.0. The van der Waals surface area contributed by atoms with Crippen LogP contribution in [0, 0.1) is 17.1 Å². The van der Waals surface area contributed by atoms with Crippen LogP contribution in [0.4, 0.5) is 10.1 Å². The number of fused-ring (bicyclic) bond motifs is 1. The molecule has 0 aliphatic carbocycles. The Bertz CT molecular complexity index is 1260. The SMILES string of the molecule is N#Cc1ccc(-c2ccccc2N2CCN(CCc3c[nH]c4ccc(F)cc34)CC2)cc1. The van der Waals surface area contributed by atoms with Crippen molar-refractivity contribution in [1.82, 2.24) is 9.88 Å². The van der Waals surface area contributed by atoms with Gasteiger partial charge in [0.2, 0.25) is 0 Å². The van der Waals surface area contributed by atoms with Gasteiger partial charge in [0.05, 0.1) is 11.6 Å². The number of benzene rings is 3. The van der Waals surface area contributed by atoms with Crippen LogP contribution in [0.25, 0.3) is 22.0 Å². The largest absolute Gasteiger partial charge is 0.368 e. The lowest BCUT2D eigenvalue weighted by atomic mass is 10.0. The summed E-state index contributed by atoms with van der Waals surface area (Å²) in [5, 5.41) is 10.1. The minimum absolute atomic E-state index is 0.187. The summed E-state index contributed by atoms with van der Waals surface area (Å²) in [7, 11) is 0. The Hall–Kier alpha value is -3.62. The van der Waals surface area contributed by atoms with Crippen molar-refractivity contribution < 1.29 is 4.39 Å². The summed E-state index contributed by atoms with van der Waals surface area (Å²) in [5.41, 5.74) is 6.42. The minimum atomic E-state index is -0.187.